The second kappa shape index (κ2) is 8.99. The quantitative estimate of drug-likeness (QED) is 0.535. The fourth-order valence-electron chi connectivity index (χ4n) is 1.73. The van der Waals surface area contributed by atoms with Gasteiger partial charge in [0.2, 0.25) is 0 Å². The first-order valence-electron chi connectivity index (χ1n) is 7.11. The zero-order valence-electron chi connectivity index (χ0n) is 13.0. The van der Waals surface area contributed by atoms with Gasteiger partial charge in [-0.05, 0) is 36.8 Å². The molecule has 8 heteroatoms. The van der Waals surface area contributed by atoms with Crippen LogP contribution in [0.5, 0.6) is 0 Å². The molecule has 0 aliphatic rings. The van der Waals surface area contributed by atoms with Gasteiger partial charge in [0, 0.05) is 16.7 Å². The summed E-state index contributed by atoms with van der Waals surface area (Å²) in [6.45, 7) is 1.45. The molecular weight excluding hydrogens is 431 g/mol. The Morgan fingerprint density at radius 1 is 1.28 bits per heavy atom. The Morgan fingerprint density at radius 2 is 1.96 bits per heavy atom. The minimum atomic E-state index is -1.02. The third-order valence-corrected chi connectivity index (χ3v) is 4.02. The molecule has 1 unspecified atom stereocenters. The Kier molecular flexibility index (Phi) is 6.99. The standard InChI is InChI=1S/C17H13BrCl2N2O3/c1-10(17(24)22-16-14(20)8-13(19)9-21-16)25-15(23)7-4-11-2-5-12(18)6-3-11/h2-10H,1H3,(H,21,22,24)/b7-4+. The van der Waals surface area contributed by atoms with Crippen LogP contribution < -0.4 is 5.32 Å². The lowest BCUT2D eigenvalue weighted by Gasteiger charge is -2.12. The third kappa shape index (κ3) is 6.16. The van der Waals surface area contributed by atoms with Crippen molar-refractivity contribution < 1.29 is 14.3 Å². The largest absolute Gasteiger partial charge is 0.449 e. The average molecular weight is 444 g/mol. The Labute approximate surface area is 163 Å². The molecule has 0 saturated heterocycles. The molecule has 1 aromatic carbocycles. The molecule has 0 fully saturated rings. The summed E-state index contributed by atoms with van der Waals surface area (Å²) in [5.41, 5.74) is 0.828. The molecule has 1 heterocycles. The van der Waals surface area contributed by atoms with Crippen molar-refractivity contribution in [1.29, 1.82) is 0 Å². The van der Waals surface area contributed by atoms with E-state index in [0.29, 0.717) is 5.02 Å². The van der Waals surface area contributed by atoms with Crippen LogP contribution in [-0.2, 0) is 14.3 Å². The van der Waals surface area contributed by atoms with Crippen LogP contribution in [0, 0.1) is 0 Å². The van der Waals surface area contributed by atoms with Crippen molar-refractivity contribution in [2.75, 3.05) is 5.32 Å². The summed E-state index contributed by atoms with van der Waals surface area (Å²) in [6.07, 6.45) is 3.17. The number of pyridine rings is 1. The lowest BCUT2D eigenvalue weighted by Crippen LogP contribution is -2.29. The highest BCUT2D eigenvalue weighted by Crippen LogP contribution is 2.22. The highest BCUT2D eigenvalue weighted by Gasteiger charge is 2.18. The summed E-state index contributed by atoms with van der Waals surface area (Å²) in [5.74, 6) is -1.05. The molecule has 0 bridgehead atoms. The fourth-order valence-corrected chi connectivity index (χ4v) is 2.42. The predicted octanol–water partition coefficient (Wildman–Crippen LogP) is 4.73. The molecule has 25 heavy (non-hydrogen) atoms. The number of ether oxygens (including phenoxy) is 1. The van der Waals surface area contributed by atoms with Crippen molar-refractivity contribution in [3.05, 3.63) is 62.7 Å². The number of aromatic nitrogens is 1. The van der Waals surface area contributed by atoms with Crippen LogP contribution in [-0.4, -0.2) is 23.0 Å². The van der Waals surface area contributed by atoms with E-state index in [4.69, 9.17) is 27.9 Å². The molecular formula is C17H13BrCl2N2O3. The van der Waals surface area contributed by atoms with Crippen molar-refractivity contribution in [3.63, 3.8) is 0 Å². The number of rotatable bonds is 5. The number of esters is 1. The van der Waals surface area contributed by atoms with Crippen LogP contribution in [0.2, 0.25) is 10.0 Å². The number of nitrogens with one attached hydrogen (secondary N) is 1. The van der Waals surface area contributed by atoms with Gasteiger partial charge in [-0.15, -0.1) is 0 Å². The summed E-state index contributed by atoms with van der Waals surface area (Å²) in [5, 5.41) is 3.01. The van der Waals surface area contributed by atoms with Gasteiger partial charge in [0.05, 0.1) is 10.0 Å². The van der Waals surface area contributed by atoms with E-state index in [1.165, 1.54) is 25.3 Å². The second-order valence-electron chi connectivity index (χ2n) is 4.94. The van der Waals surface area contributed by atoms with Crippen LogP contribution in [0.3, 0.4) is 0 Å². The normalized spacial score (nSPS) is 12.0. The van der Waals surface area contributed by atoms with E-state index in [1.807, 2.05) is 24.3 Å². The topological polar surface area (TPSA) is 68.3 Å². The third-order valence-electron chi connectivity index (χ3n) is 2.99. The Bertz CT molecular complexity index is 810. The predicted molar refractivity (Wildman–Crippen MR) is 102 cm³/mol. The maximum absolute atomic E-state index is 12.0. The number of nitrogens with zero attached hydrogens (tertiary/aromatic N) is 1. The number of carbonyl (C=O) groups is 2. The molecule has 0 saturated carbocycles. The summed E-state index contributed by atoms with van der Waals surface area (Å²) in [6, 6.07) is 8.81. The van der Waals surface area contributed by atoms with Gasteiger partial charge < -0.3 is 10.1 Å². The molecule has 0 radical (unpaired) electrons. The first-order chi connectivity index (χ1) is 11.8. The number of benzene rings is 1. The van der Waals surface area contributed by atoms with E-state index in [0.717, 1.165) is 10.0 Å². The average Bonchev–Trinajstić information content (AvgIpc) is 2.56. The summed E-state index contributed by atoms with van der Waals surface area (Å²) >= 11 is 15.0. The maximum Gasteiger partial charge on any atom is 0.331 e. The van der Waals surface area contributed by atoms with E-state index < -0.39 is 18.0 Å². The van der Waals surface area contributed by atoms with E-state index in [-0.39, 0.29) is 10.8 Å². The lowest BCUT2D eigenvalue weighted by atomic mass is 10.2. The van der Waals surface area contributed by atoms with Crippen LogP contribution >= 0.6 is 39.1 Å². The first kappa shape index (κ1) is 19.4. The fraction of sp³-hybridized carbons (Fsp3) is 0.118. The minimum Gasteiger partial charge on any atom is -0.449 e. The van der Waals surface area contributed by atoms with Gasteiger partial charge in [-0.3, -0.25) is 4.79 Å². The van der Waals surface area contributed by atoms with Gasteiger partial charge in [-0.2, -0.15) is 0 Å². The molecule has 1 aromatic heterocycles. The Hall–Kier alpha value is -1.89. The van der Waals surface area contributed by atoms with Crippen molar-refractivity contribution in [3.8, 4) is 0 Å². The number of carbonyl (C=O) groups excluding carboxylic acids is 2. The van der Waals surface area contributed by atoms with Crippen molar-refractivity contribution in [1.82, 2.24) is 4.98 Å². The van der Waals surface area contributed by atoms with E-state index in [2.05, 4.69) is 26.2 Å². The molecule has 2 aromatic rings. The zero-order valence-corrected chi connectivity index (χ0v) is 16.1. The van der Waals surface area contributed by atoms with Gasteiger partial charge in [0.15, 0.2) is 11.9 Å². The van der Waals surface area contributed by atoms with Gasteiger partial charge in [0.25, 0.3) is 5.91 Å². The molecule has 1 N–H and O–H groups in total. The highest BCUT2D eigenvalue weighted by molar-refractivity contribution is 9.10. The van der Waals surface area contributed by atoms with Crippen LogP contribution in [0.25, 0.3) is 6.08 Å². The zero-order chi connectivity index (χ0) is 18.4. The number of hydrogen-bond donors (Lipinski definition) is 1. The lowest BCUT2D eigenvalue weighted by molar-refractivity contribution is -0.148. The van der Waals surface area contributed by atoms with E-state index in [9.17, 15) is 9.59 Å². The number of amides is 1. The molecule has 0 aliphatic heterocycles. The van der Waals surface area contributed by atoms with Crippen LogP contribution in [0.15, 0.2) is 47.1 Å². The van der Waals surface area contributed by atoms with E-state index >= 15 is 0 Å². The first-order valence-corrected chi connectivity index (χ1v) is 8.66. The van der Waals surface area contributed by atoms with Gasteiger partial charge in [-0.25, -0.2) is 9.78 Å². The SMILES string of the molecule is CC(OC(=O)/C=C/c1ccc(Br)cc1)C(=O)Nc1ncc(Cl)cc1Cl. The van der Waals surface area contributed by atoms with Gasteiger partial charge >= 0.3 is 5.97 Å². The Morgan fingerprint density at radius 3 is 2.60 bits per heavy atom. The van der Waals surface area contributed by atoms with Crippen LogP contribution in [0.1, 0.15) is 12.5 Å². The Balaban J connectivity index is 1.91. The van der Waals surface area contributed by atoms with E-state index in [1.54, 1.807) is 6.08 Å². The molecule has 5 nitrogen and oxygen atoms in total. The summed E-state index contributed by atoms with van der Waals surface area (Å²) in [4.78, 5) is 27.8. The molecule has 2 rings (SSSR count). The molecule has 130 valence electrons. The summed E-state index contributed by atoms with van der Waals surface area (Å²) < 4.78 is 5.99. The number of hydrogen-bond acceptors (Lipinski definition) is 4. The van der Waals surface area contributed by atoms with Crippen molar-refractivity contribution in [2.45, 2.75) is 13.0 Å². The minimum absolute atomic E-state index is 0.143. The summed E-state index contributed by atoms with van der Waals surface area (Å²) in [7, 11) is 0. The van der Waals surface area contributed by atoms with Crippen molar-refractivity contribution in [2.24, 2.45) is 0 Å². The van der Waals surface area contributed by atoms with Crippen molar-refractivity contribution >= 4 is 62.9 Å². The molecule has 1 atom stereocenters. The van der Waals surface area contributed by atoms with Crippen LogP contribution in [0.4, 0.5) is 5.82 Å². The highest BCUT2D eigenvalue weighted by atomic mass is 79.9. The smallest absolute Gasteiger partial charge is 0.331 e. The maximum atomic E-state index is 12.0. The molecule has 1 amide bonds. The monoisotopic (exact) mass is 442 g/mol. The molecule has 0 aliphatic carbocycles. The second-order valence-corrected chi connectivity index (χ2v) is 6.70. The number of halogens is 3. The van der Waals surface area contributed by atoms with Gasteiger partial charge in [-0.1, -0.05) is 51.3 Å². The number of anilines is 1. The molecule has 0 spiro atoms. The van der Waals surface area contributed by atoms with Gasteiger partial charge in [0.1, 0.15) is 0 Å².